The molecule has 1 fully saturated rings. The van der Waals surface area contributed by atoms with Crippen LogP contribution in [0, 0.1) is 23.7 Å². The molecule has 0 amide bonds. The molecule has 33 heavy (non-hydrogen) atoms. The van der Waals surface area contributed by atoms with Crippen molar-refractivity contribution < 1.29 is 10.2 Å². The van der Waals surface area contributed by atoms with E-state index in [-0.39, 0.29) is 18.1 Å². The van der Waals surface area contributed by atoms with Crippen LogP contribution in [0.25, 0.3) is 0 Å². The predicted molar refractivity (Wildman–Crippen MR) is 142 cm³/mol. The molecular formula is C30H55NO2. The first-order valence-corrected chi connectivity index (χ1v) is 14.2. The third-order valence-corrected chi connectivity index (χ3v) is 8.19. The Bertz CT molecular complexity index is 588. The van der Waals surface area contributed by atoms with Gasteiger partial charge in [0.1, 0.15) is 0 Å². The second kappa shape index (κ2) is 14.7. The molecular weight excluding hydrogens is 406 g/mol. The number of hydrogen-bond acceptors (Lipinski definition) is 3. The van der Waals surface area contributed by atoms with Gasteiger partial charge in [-0.3, -0.25) is 4.90 Å². The van der Waals surface area contributed by atoms with Crippen molar-refractivity contribution in [2.24, 2.45) is 23.7 Å². The molecule has 3 nitrogen and oxygen atoms in total. The summed E-state index contributed by atoms with van der Waals surface area (Å²) in [6.45, 7) is 14.9. The van der Waals surface area contributed by atoms with Crippen molar-refractivity contribution >= 4 is 0 Å². The van der Waals surface area contributed by atoms with Crippen LogP contribution in [-0.4, -0.2) is 45.9 Å². The SMILES string of the molecule is CCCC[C@H](C)C[C@H](O)C=C[C@@H]1[C@H]2CC(CCCCCCN(C(C)C)C(C)C)=C[C@H]2C[C@H]1O. The molecule has 0 bridgehead atoms. The molecule has 0 aromatic carbocycles. The molecule has 0 aromatic rings. The lowest BCUT2D eigenvalue weighted by atomic mass is 9.88. The van der Waals surface area contributed by atoms with Gasteiger partial charge in [0.15, 0.2) is 0 Å². The Hall–Kier alpha value is -0.640. The van der Waals surface area contributed by atoms with Gasteiger partial charge in [-0.15, -0.1) is 0 Å². The highest BCUT2D eigenvalue weighted by Crippen LogP contribution is 2.48. The summed E-state index contributed by atoms with van der Waals surface area (Å²) in [5.41, 5.74) is 1.62. The van der Waals surface area contributed by atoms with Crippen LogP contribution < -0.4 is 0 Å². The van der Waals surface area contributed by atoms with Gasteiger partial charge in [0.25, 0.3) is 0 Å². The average molecular weight is 462 g/mol. The highest BCUT2D eigenvalue weighted by Gasteiger charge is 2.43. The Kier molecular flexibility index (Phi) is 12.7. The zero-order valence-electron chi connectivity index (χ0n) is 22.7. The van der Waals surface area contributed by atoms with Crippen LogP contribution in [0.4, 0.5) is 0 Å². The molecule has 0 aromatic heterocycles. The molecule has 2 aliphatic carbocycles. The van der Waals surface area contributed by atoms with Gasteiger partial charge >= 0.3 is 0 Å². The molecule has 1 saturated carbocycles. The van der Waals surface area contributed by atoms with Crippen molar-refractivity contribution in [3.8, 4) is 0 Å². The van der Waals surface area contributed by atoms with Gasteiger partial charge in [0.2, 0.25) is 0 Å². The third kappa shape index (κ3) is 9.49. The fourth-order valence-electron chi connectivity index (χ4n) is 6.32. The van der Waals surface area contributed by atoms with Crippen LogP contribution in [0.2, 0.25) is 0 Å². The molecule has 0 aliphatic heterocycles. The monoisotopic (exact) mass is 461 g/mol. The van der Waals surface area contributed by atoms with Crippen LogP contribution in [0.5, 0.6) is 0 Å². The summed E-state index contributed by atoms with van der Waals surface area (Å²) in [4.78, 5) is 2.60. The minimum absolute atomic E-state index is 0.211. The van der Waals surface area contributed by atoms with Crippen molar-refractivity contribution in [2.75, 3.05) is 6.54 Å². The van der Waals surface area contributed by atoms with Crippen LogP contribution in [0.3, 0.4) is 0 Å². The van der Waals surface area contributed by atoms with Gasteiger partial charge in [-0.1, -0.05) is 69.8 Å². The molecule has 0 heterocycles. The van der Waals surface area contributed by atoms with E-state index in [4.69, 9.17) is 0 Å². The number of allylic oxidation sites excluding steroid dienone is 2. The van der Waals surface area contributed by atoms with Gasteiger partial charge < -0.3 is 10.2 Å². The molecule has 0 unspecified atom stereocenters. The topological polar surface area (TPSA) is 43.7 Å². The zero-order chi connectivity index (χ0) is 24.4. The Morgan fingerprint density at radius 2 is 1.73 bits per heavy atom. The van der Waals surface area contributed by atoms with E-state index < -0.39 is 0 Å². The van der Waals surface area contributed by atoms with E-state index in [1.165, 1.54) is 57.9 Å². The molecule has 6 atom stereocenters. The number of aliphatic hydroxyl groups is 2. The Balaban J connectivity index is 1.69. The second-order valence-electron chi connectivity index (χ2n) is 11.8. The number of unbranched alkanes of at least 4 members (excludes halogenated alkanes) is 4. The van der Waals surface area contributed by atoms with Crippen molar-refractivity contribution in [1.82, 2.24) is 4.90 Å². The van der Waals surface area contributed by atoms with Gasteiger partial charge in [-0.05, 0) is 90.5 Å². The minimum Gasteiger partial charge on any atom is -0.392 e. The van der Waals surface area contributed by atoms with Crippen molar-refractivity contribution in [1.29, 1.82) is 0 Å². The lowest BCUT2D eigenvalue weighted by Gasteiger charge is -2.30. The lowest BCUT2D eigenvalue weighted by Crippen LogP contribution is -2.37. The second-order valence-corrected chi connectivity index (χ2v) is 11.8. The number of aliphatic hydroxyl groups excluding tert-OH is 2. The summed E-state index contributed by atoms with van der Waals surface area (Å²) in [6, 6.07) is 1.27. The number of fused-ring (bicyclic) bond motifs is 1. The smallest absolute Gasteiger partial charge is 0.0723 e. The van der Waals surface area contributed by atoms with E-state index >= 15 is 0 Å². The van der Waals surface area contributed by atoms with E-state index in [0.717, 1.165) is 19.3 Å². The lowest BCUT2D eigenvalue weighted by molar-refractivity contribution is 0.139. The van der Waals surface area contributed by atoms with E-state index in [1.54, 1.807) is 5.57 Å². The Morgan fingerprint density at radius 1 is 1.03 bits per heavy atom. The summed E-state index contributed by atoms with van der Waals surface area (Å²) in [5, 5.41) is 21.1. The number of nitrogens with zero attached hydrogens (tertiary/aromatic N) is 1. The van der Waals surface area contributed by atoms with Crippen LogP contribution in [0.1, 0.15) is 112 Å². The van der Waals surface area contributed by atoms with Crippen molar-refractivity contribution in [2.45, 2.75) is 136 Å². The Labute approximate surface area is 205 Å². The van der Waals surface area contributed by atoms with E-state index in [9.17, 15) is 10.2 Å². The highest BCUT2D eigenvalue weighted by atomic mass is 16.3. The van der Waals surface area contributed by atoms with Gasteiger partial charge in [0.05, 0.1) is 12.2 Å². The fraction of sp³-hybridized carbons (Fsp3) is 0.867. The predicted octanol–water partition coefficient (Wildman–Crippen LogP) is 7.13. The minimum atomic E-state index is -0.376. The molecule has 2 aliphatic rings. The maximum atomic E-state index is 10.6. The molecule has 0 spiro atoms. The molecule has 2 N–H and O–H groups in total. The molecule has 2 rings (SSSR count). The first-order valence-electron chi connectivity index (χ1n) is 14.2. The van der Waals surface area contributed by atoms with Crippen molar-refractivity contribution in [3.63, 3.8) is 0 Å². The van der Waals surface area contributed by atoms with E-state index in [2.05, 4.69) is 58.6 Å². The molecule has 3 heteroatoms. The van der Waals surface area contributed by atoms with Gasteiger partial charge in [-0.2, -0.15) is 0 Å². The number of hydrogen-bond donors (Lipinski definition) is 2. The van der Waals surface area contributed by atoms with E-state index in [0.29, 0.717) is 29.8 Å². The normalized spacial score (nSPS) is 27.2. The van der Waals surface area contributed by atoms with Gasteiger partial charge in [-0.25, -0.2) is 0 Å². The quantitative estimate of drug-likeness (QED) is 0.190. The third-order valence-electron chi connectivity index (χ3n) is 8.19. The summed E-state index contributed by atoms with van der Waals surface area (Å²) < 4.78 is 0. The summed E-state index contributed by atoms with van der Waals surface area (Å²) in [7, 11) is 0. The fourth-order valence-corrected chi connectivity index (χ4v) is 6.32. The molecule has 0 radical (unpaired) electrons. The largest absolute Gasteiger partial charge is 0.392 e. The van der Waals surface area contributed by atoms with Gasteiger partial charge in [0, 0.05) is 18.0 Å². The maximum absolute atomic E-state index is 10.6. The highest BCUT2D eigenvalue weighted by molar-refractivity contribution is 5.21. The summed E-state index contributed by atoms with van der Waals surface area (Å²) >= 11 is 0. The van der Waals surface area contributed by atoms with E-state index in [1.807, 2.05) is 6.08 Å². The zero-order valence-corrected chi connectivity index (χ0v) is 22.7. The summed E-state index contributed by atoms with van der Waals surface area (Å²) in [6.07, 6.45) is 19.0. The Morgan fingerprint density at radius 3 is 2.39 bits per heavy atom. The standard InChI is InChI=1S/C30H55NO2/c1-7-8-13-24(6)18-27(32)15-16-28-29-20-25(19-26(29)21-30(28)33)14-11-9-10-12-17-31(22(2)3)23(4)5/h15-16,19,22-24,26-30,32-33H,7-14,17-18,20-21H2,1-6H3/t24-,26-,27+,28+,29-,30+/m0/s1. The summed E-state index contributed by atoms with van der Waals surface area (Å²) in [5.74, 6) is 1.85. The average Bonchev–Trinajstić information content (AvgIpc) is 3.25. The molecule has 0 saturated heterocycles. The van der Waals surface area contributed by atoms with Crippen LogP contribution in [-0.2, 0) is 0 Å². The number of rotatable bonds is 16. The van der Waals surface area contributed by atoms with Crippen LogP contribution in [0.15, 0.2) is 23.8 Å². The first kappa shape index (κ1) is 28.6. The van der Waals surface area contributed by atoms with Crippen molar-refractivity contribution in [3.05, 3.63) is 23.8 Å². The molecule has 192 valence electrons. The van der Waals surface area contributed by atoms with Crippen LogP contribution >= 0.6 is 0 Å². The maximum Gasteiger partial charge on any atom is 0.0723 e. The first-order chi connectivity index (χ1) is 15.7.